The minimum atomic E-state index is 0.779. The lowest BCUT2D eigenvalue weighted by Crippen LogP contribution is -2.26. The normalized spacial score (nSPS) is 9.87. The molecule has 0 heterocycles. The van der Waals surface area contributed by atoms with Crippen molar-refractivity contribution in [1.29, 1.82) is 0 Å². The van der Waals surface area contributed by atoms with E-state index in [1.54, 1.807) is 0 Å². The van der Waals surface area contributed by atoms with Crippen LogP contribution in [-0.4, -0.2) is 5.01 Å². The number of allylic oxidation sites excluding steroid dienone is 1. The molecule has 2 nitrogen and oxygen atoms in total. The molecule has 0 fully saturated rings. The molecular formula is C13H18N2. The van der Waals surface area contributed by atoms with Gasteiger partial charge in [-0.3, -0.25) is 5.01 Å². The molecule has 1 aromatic rings. The third-order valence-corrected chi connectivity index (χ3v) is 2.62. The number of hydrogen-bond donors (Lipinski definition) is 1. The van der Waals surface area contributed by atoms with Crippen molar-refractivity contribution in [3.05, 3.63) is 53.7 Å². The minimum absolute atomic E-state index is 0.779. The summed E-state index contributed by atoms with van der Waals surface area (Å²) in [6, 6.07) is 6.11. The van der Waals surface area contributed by atoms with E-state index >= 15 is 0 Å². The molecule has 0 aliphatic carbocycles. The average molecular weight is 202 g/mol. The van der Waals surface area contributed by atoms with E-state index in [9.17, 15) is 0 Å². The fraction of sp³-hybridized carbons (Fsp3) is 0.231. The minimum Gasteiger partial charge on any atom is -0.285 e. The first kappa shape index (κ1) is 11.5. The molecule has 0 saturated heterocycles. The number of aryl methyl sites for hydroxylation is 1. The second-order valence-corrected chi connectivity index (χ2v) is 3.80. The second kappa shape index (κ2) is 4.32. The molecule has 0 atom stereocenters. The number of hydrogen-bond acceptors (Lipinski definition) is 2. The van der Waals surface area contributed by atoms with Crippen LogP contribution < -0.4 is 5.84 Å². The molecule has 0 aliphatic rings. The van der Waals surface area contributed by atoms with E-state index in [0.717, 1.165) is 17.0 Å². The van der Waals surface area contributed by atoms with Gasteiger partial charge in [0.1, 0.15) is 0 Å². The number of nitrogens with zero attached hydrogens (tertiary/aromatic N) is 1. The summed E-state index contributed by atoms with van der Waals surface area (Å²) < 4.78 is 0. The Bertz CT molecular complexity index is 405. The van der Waals surface area contributed by atoms with Crippen LogP contribution in [0.3, 0.4) is 0 Å². The summed E-state index contributed by atoms with van der Waals surface area (Å²) in [5, 5.41) is 1.52. The van der Waals surface area contributed by atoms with Gasteiger partial charge in [-0.1, -0.05) is 31.4 Å². The first-order valence-electron chi connectivity index (χ1n) is 4.91. The fourth-order valence-electron chi connectivity index (χ4n) is 1.42. The number of benzene rings is 1. The number of hydrazine groups is 1. The standard InChI is InChI=1S/C13H18N2/c1-9(2)15(14)12(5)13-8-6-7-10(3)11(13)4/h6-8H,1,5,14H2,2-4H3. The molecular weight excluding hydrogens is 184 g/mol. The lowest BCUT2D eigenvalue weighted by Gasteiger charge is -2.22. The van der Waals surface area contributed by atoms with Crippen molar-refractivity contribution in [2.45, 2.75) is 20.8 Å². The Morgan fingerprint density at radius 2 is 1.87 bits per heavy atom. The van der Waals surface area contributed by atoms with Gasteiger partial charge in [0.15, 0.2) is 0 Å². The van der Waals surface area contributed by atoms with E-state index in [1.807, 2.05) is 19.1 Å². The molecule has 0 saturated carbocycles. The summed E-state index contributed by atoms with van der Waals surface area (Å²) >= 11 is 0. The van der Waals surface area contributed by atoms with Crippen LogP contribution in [0.25, 0.3) is 5.70 Å². The van der Waals surface area contributed by atoms with Crippen LogP contribution >= 0.6 is 0 Å². The molecule has 0 radical (unpaired) electrons. The summed E-state index contributed by atoms with van der Waals surface area (Å²) in [6.07, 6.45) is 0. The summed E-state index contributed by atoms with van der Waals surface area (Å²) in [5.74, 6) is 5.85. The Balaban J connectivity index is 3.12. The van der Waals surface area contributed by atoms with E-state index < -0.39 is 0 Å². The maximum atomic E-state index is 5.85. The number of nitrogens with two attached hydrogens (primary N) is 1. The lowest BCUT2D eigenvalue weighted by atomic mass is 10.0. The van der Waals surface area contributed by atoms with Crippen LogP contribution in [0.1, 0.15) is 23.6 Å². The molecule has 2 N–H and O–H groups in total. The van der Waals surface area contributed by atoms with Gasteiger partial charge in [0.05, 0.1) is 5.70 Å². The predicted octanol–water partition coefficient (Wildman–Crippen LogP) is 2.98. The van der Waals surface area contributed by atoms with Gasteiger partial charge in [0, 0.05) is 11.3 Å². The van der Waals surface area contributed by atoms with Gasteiger partial charge in [-0.15, -0.1) is 0 Å². The highest BCUT2D eigenvalue weighted by molar-refractivity contribution is 5.66. The maximum absolute atomic E-state index is 5.85. The molecule has 0 bridgehead atoms. The molecule has 0 aromatic heterocycles. The molecule has 0 aliphatic heterocycles. The van der Waals surface area contributed by atoms with Crippen molar-refractivity contribution >= 4 is 5.70 Å². The summed E-state index contributed by atoms with van der Waals surface area (Å²) in [7, 11) is 0. The van der Waals surface area contributed by atoms with Crippen LogP contribution in [0.4, 0.5) is 0 Å². The first-order chi connectivity index (χ1) is 6.95. The van der Waals surface area contributed by atoms with Gasteiger partial charge >= 0.3 is 0 Å². The van der Waals surface area contributed by atoms with E-state index in [4.69, 9.17) is 5.84 Å². The Labute approximate surface area is 91.7 Å². The molecule has 0 spiro atoms. The van der Waals surface area contributed by atoms with E-state index in [0.29, 0.717) is 0 Å². The van der Waals surface area contributed by atoms with Gasteiger partial charge in [-0.25, -0.2) is 5.84 Å². The second-order valence-electron chi connectivity index (χ2n) is 3.80. The molecule has 0 amide bonds. The third kappa shape index (κ3) is 2.28. The van der Waals surface area contributed by atoms with Gasteiger partial charge < -0.3 is 0 Å². The molecule has 2 heteroatoms. The highest BCUT2D eigenvalue weighted by atomic mass is 15.4. The molecule has 1 rings (SSSR count). The van der Waals surface area contributed by atoms with Gasteiger partial charge in [0.25, 0.3) is 0 Å². The highest BCUT2D eigenvalue weighted by Gasteiger charge is 2.09. The van der Waals surface area contributed by atoms with Gasteiger partial charge in [0.2, 0.25) is 0 Å². The molecule has 1 aromatic carbocycles. The topological polar surface area (TPSA) is 29.3 Å². The van der Waals surface area contributed by atoms with Crippen LogP contribution in [0.5, 0.6) is 0 Å². The Kier molecular flexibility index (Phi) is 3.32. The molecule has 0 unspecified atom stereocenters. The summed E-state index contributed by atoms with van der Waals surface area (Å²) in [4.78, 5) is 0. The van der Waals surface area contributed by atoms with Crippen molar-refractivity contribution in [1.82, 2.24) is 5.01 Å². The Morgan fingerprint density at radius 1 is 1.27 bits per heavy atom. The Morgan fingerprint density at radius 3 is 2.40 bits per heavy atom. The summed E-state index contributed by atoms with van der Waals surface area (Å²) in [5.41, 5.74) is 5.08. The van der Waals surface area contributed by atoms with Gasteiger partial charge in [-0.05, 0) is 31.9 Å². The van der Waals surface area contributed by atoms with E-state index in [1.165, 1.54) is 16.1 Å². The van der Waals surface area contributed by atoms with Crippen molar-refractivity contribution in [2.24, 2.45) is 5.84 Å². The van der Waals surface area contributed by atoms with Crippen molar-refractivity contribution < 1.29 is 0 Å². The van der Waals surface area contributed by atoms with Crippen LogP contribution in [0.15, 0.2) is 37.1 Å². The van der Waals surface area contributed by atoms with Crippen LogP contribution in [-0.2, 0) is 0 Å². The highest BCUT2D eigenvalue weighted by Crippen LogP contribution is 2.22. The largest absolute Gasteiger partial charge is 0.285 e. The zero-order valence-corrected chi connectivity index (χ0v) is 9.67. The van der Waals surface area contributed by atoms with Gasteiger partial charge in [-0.2, -0.15) is 0 Å². The first-order valence-corrected chi connectivity index (χ1v) is 4.91. The zero-order valence-electron chi connectivity index (χ0n) is 9.67. The lowest BCUT2D eigenvalue weighted by molar-refractivity contribution is 0.522. The SMILES string of the molecule is C=C(C)N(N)C(=C)c1cccc(C)c1C. The predicted molar refractivity (Wildman–Crippen MR) is 65.8 cm³/mol. The van der Waals surface area contributed by atoms with E-state index in [-0.39, 0.29) is 0 Å². The summed E-state index contributed by atoms with van der Waals surface area (Å²) in [6.45, 7) is 13.8. The smallest absolute Gasteiger partial charge is 0.0574 e. The number of rotatable bonds is 3. The molecule has 80 valence electrons. The monoisotopic (exact) mass is 202 g/mol. The van der Waals surface area contributed by atoms with E-state index in [2.05, 4.69) is 33.1 Å². The molecule has 15 heavy (non-hydrogen) atoms. The Hall–Kier alpha value is -1.54. The quantitative estimate of drug-likeness (QED) is 0.603. The third-order valence-electron chi connectivity index (χ3n) is 2.62. The van der Waals surface area contributed by atoms with Crippen LogP contribution in [0.2, 0.25) is 0 Å². The fourth-order valence-corrected chi connectivity index (χ4v) is 1.42. The average Bonchev–Trinajstić information content (AvgIpc) is 2.20. The van der Waals surface area contributed by atoms with Crippen molar-refractivity contribution in [3.63, 3.8) is 0 Å². The van der Waals surface area contributed by atoms with Crippen molar-refractivity contribution in [3.8, 4) is 0 Å². The zero-order chi connectivity index (χ0) is 11.6. The maximum Gasteiger partial charge on any atom is 0.0574 e. The van der Waals surface area contributed by atoms with Crippen molar-refractivity contribution in [2.75, 3.05) is 0 Å². The van der Waals surface area contributed by atoms with Crippen LogP contribution in [0, 0.1) is 13.8 Å².